The Balaban J connectivity index is 2.43. The molecule has 0 spiro atoms. The number of allylic oxidation sites excluding steroid dienone is 8. The molecule has 0 aromatic rings. The summed E-state index contributed by atoms with van der Waals surface area (Å²) in [5.41, 5.74) is 0. The van der Waals surface area contributed by atoms with Crippen molar-refractivity contribution in [2.45, 2.75) is 25.7 Å². The average Bonchev–Trinajstić information content (AvgIpc) is 2.05. The average molecular weight is 159 g/mol. The molecule has 0 aromatic carbocycles. The summed E-state index contributed by atoms with van der Waals surface area (Å²) in [6.45, 7) is 0. The van der Waals surface area contributed by atoms with Gasteiger partial charge in [0.1, 0.15) is 0 Å². The van der Waals surface area contributed by atoms with Gasteiger partial charge in [-0.15, -0.1) is 0 Å². The second-order valence-corrected chi connectivity index (χ2v) is 2.83. The Labute approximate surface area is 75.0 Å². The van der Waals surface area contributed by atoms with E-state index in [1.807, 2.05) is 18.2 Å². The summed E-state index contributed by atoms with van der Waals surface area (Å²) < 4.78 is 0. The van der Waals surface area contributed by atoms with Gasteiger partial charge < -0.3 is 0 Å². The minimum Gasteiger partial charge on any atom is -0.0845 e. The largest absolute Gasteiger partial charge is 0.0845 e. The van der Waals surface area contributed by atoms with E-state index in [0.717, 1.165) is 6.42 Å². The van der Waals surface area contributed by atoms with Crippen LogP contribution in [0.4, 0.5) is 0 Å². The number of rotatable bonds is 0. The van der Waals surface area contributed by atoms with Crippen molar-refractivity contribution in [3.05, 3.63) is 48.6 Å². The van der Waals surface area contributed by atoms with E-state index in [0.29, 0.717) is 0 Å². The van der Waals surface area contributed by atoms with Crippen LogP contribution >= 0.6 is 0 Å². The van der Waals surface area contributed by atoms with Crippen LogP contribution in [0.25, 0.3) is 0 Å². The predicted molar refractivity (Wildman–Crippen MR) is 53.7 cm³/mol. The Kier molecular flexibility index (Phi) is 5.02. The van der Waals surface area contributed by atoms with Gasteiger partial charge in [0, 0.05) is 0 Å². The van der Waals surface area contributed by atoms with Crippen molar-refractivity contribution in [1.29, 1.82) is 0 Å². The minimum absolute atomic E-state index is 1.15. The van der Waals surface area contributed by atoms with Gasteiger partial charge in [-0.1, -0.05) is 42.5 Å². The van der Waals surface area contributed by atoms with Gasteiger partial charge in [-0.05, 0) is 31.8 Å². The molecule has 0 nitrogen and oxygen atoms in total. The maximum Gasteiger partial charge on any atom is -0.0227 e. The van der Waals surface area contributed by atoms with Gasteiger partial charge in [-0.25, -0.2) is 0 Å². The van der Waals surface area contributed by atoms with E-state index in [9.17, 15) is 0 Å². The first-order valence-electron chi connectivity index (χ1n) is 4.56. The highest BCUT2D eigenvalue weighted by atomic mass is 13.9. The van der Waals surface area contributed by atoms with Crippen molar-refractivity contribution in [3.63, 3.8) is 0 Å². The molecule has 0 atom stereocenters. The molecule has 0 amide bonds. The lowest BCUT2D eigenvalue weighted by Crippen LogP contribution is -1.72. The Bertz CT molecular complexity index is 180. The maximum absolute atomic E-state index is 3.12. The maximum atomic E-state index is 3.12. The zero-order chi connectivity index (χ0) is 8.49. The molecular weight excluding hydrogens is 144 g/mol. The molecule has 0 unspecified atom stereocenters. The Hall–Kier alpha value is -1.04. The first kappa shape index (κ1) is 9.05. The van der Waals surface area contributed by atoms with Crippen molar-refractivity contribution in [1.82, 2.24) is 0 Å². The molecule has 1 rings (SSSR count). The van der Waals surface area contributed by atoms with Crippen molar-refractivity contribution in [2.75, 3.05) is 0 Å². The van der Waals surface area contributed by atoms with Crippen LogP contribution in [0.15, 0.2) is 42.5 Å². The quantitative estimate of drug-likeness (QED) is 0.506. The molecule has 0 saturated heterocycles. The zero-order valence-corrected chi connectivity index (χ0v) is 7.37. The third kappa shape index (κ3) is 4.73. The van der Waals surface area contributed by atoms with E-state index in [1.165, 1.54) is 19.3 Å². The van der Waals surface area contributed by atoms with Gasteiger partial charge in [-0.3, -0.25) is 0 Å². The molecule has 0 aliphatic heterocycles. The standard InChI is InChI=1S/C12H15/c1-2-4-6-8-10-12-11-9-7-5-3-1/h1-6,10H,7,9,11-12H2/b2-1+,5-3-,6-4-,10-8?. The van der Waals surface area contributed by atoms with E-state index < -0.39 is 0 Å². The first-order valence-corrected chi connectivity index (χ1v) is 4.56. The Morgan fingerprint density at radius 1 is 0.833 bits per heavy atom. The first-order chi connectivity index (χ1) is 6.00. The second kappa shape index (κ2) is 6.66. The van der Waals surface area contributed by atoms with Crippen LogP contribution in [0.3, 0.4) is 0 Å². The molecule has 12 heavy (non-hydrogen) atoms. The predicted octanol–water partition coefficient (Wildman–Crippen LogP) is 3.59. The molecular formula is C12H15. The molecule has 0 saturated carbocycles. The fourth-order valence-electron chi connectivity index (χ4n) is 1.07. The van der Waals surface area contributed by atoms with Crippen molar-refractivity contribution in [3.8, 4) is 0 Å². The highest BCUT2D eigenvalue weighted by molar-refractivity contribution is 5.13. The van der Waals surface area contributed by atoms with Crippen LogP contribution in [0, 0.1) is 6.08 Å². The molecule has 0 aromatic heterocycles. The monoisotopic (exact) mass is 159 g/mol. The highest BCUT2D eigenvalue weighted by Gasteiger charge is 1.82. The molecule has 0 heteroatoms. The fraction of sp³-hybridized carbons (Fsp3) is 0.333. The molecule has 63 valence electrons. The lowest BCUT2D eigenvalue weighted by atomic mass is 10.1. The van der Waals surface area contributed by atoms with Crippen LogP contribution in [0.1, 0.15) is 25.7 Å². The van der Waals surface area contributed by atoms with Gasteiger partial charge in [0.2, 0.25) is 0 Å². The molecule has 1 radical (unpaired) electrons. The topological polar surface area (TPSA) is 0 Å². The van der Waals surface area contributed by atoms with Crippen molar-refractivity contribution < 1.29 is 0 Å². The third-order valence-electron chi connectivity index (χ3n) is 1.75. The second-order valence-electron chi connectivity index (χ2n) is 2.83. The van der Waals surface area contributed by atoms with Gasteiger partial charge in [-0.2, -0.15) is 0 Å². The summed E-state index contributed by atoms with van der Waals surface area (Å²) in [4.78, 5) is 0. The van der Waals surface area contributed by atoms with E-state index >= 15 is 0 Å². The summed E-state index contributed by atoms with van der Waals surface area (Å²) in [6, 6.07) is 0. The summed E-state index contributed by atoms with van der Waals surface area (Å²) in [5, 5.41) is 0. The van der Waals surface area contributed by atoms with Gasteiger partial charge in [0.05, 0.1) is 0 Å². The third-order valence-corrected chi connectivity index (χ3v) is 1.75. The molecule has 0 bridgehead atoms. The van der Waals surface area contributed by atoms with Crippen LogP contribution in [0.2, 0.25) is 0 Å². The smallest absolute Gasteiger partial charge is 0.0227 e. The fourth-order valence-corrected chi connectivity index (χ4v) is 1.07. The van der Waals surface area contributed by atoms with Crippen LogP contribution in [-0.2, 0) is 0 Å². The van der Waals surface area contributed by atoms with E-state index in [1.54, 1.807) is 0 Å². The van der Waals surface area contributed by atoms with Gasteiger partial charge >= 0.3 is 0 Å². The lowest BCUT2D eigenvalue weighted by Gasteiger charge is -1.92. The summed E-state index contributed by atoms with van der Waals surface area (Å²) in [6.07, 6.45) is 22.5. The van der Waals surface area contributed by atoms with Crippen LogP contribution in [0.5, 0.6) is 0 Å². The molecule has 1 aliphatic carbocycles. The molecule has 0 N–H and O–H groups in total. The van der Waals surface area contributed by atoms with Gasteiger partial charge in [0.25, 0.3) is 0 Å². The minimum atomic E-state index is 1.15. The normalized spacial score (nSPS) is 29.3. The SMILES string of the molecule is [C]1=C\CCCC\C=C/C=C/C=C\1. The molecule has 0 fully saturated rings. The van der Waals surface area contributed by atoms with Crippen LogP contribution < -0.4 is 0 Å². The van der Waals surface area contributed by atoms with Gasteiger partial charge in [0.15, 0.2) is 0 Å². The summed E-state index contributed by atoms with van der Waals surface area (Å²) >= 11 is 0. The van der Waals surface area contributed by atoms with Crippen molar-refractivity contribution in [2.24, 2.45) is 0 Å². The zero-order valence-electron chi connectivity index (χ0n) is 7.37. The summed E-state index contributed by atoms with van der Waals surface area (Å²) in [7, 11) is 0. The Morgan fingerprint density at radius 2 is 1.67 bits per heavy atom. The summed E-state index contributed by atoms with van der Waals surface area (Å²) in [5.74, 6) is 0. The van der Waals surface area contributed by atoms with Crippen LogP contribution in [-0.4, -0.2) is 0 Å². The van der Waals surface area contributed by atoms with E-state index in [4.69, 9.17) is 0 Å². The lowest BCUT2D eigenvalue weighted by molar-refractivity contribution is 0.761. The number of hydrogen-bond acceptors (Lipinski definition) is 0. The number of hydrogen-bond donors (Lipinski definition) is 0. The highest BCUT2D eigenvalue weighted by Crippen LogP contribution is 2.02. The molecule has 0 heterocycles. The Morgan fingerprint density at radius 3 is 2.67 bits per heavy atom. The van der Waals surface area contributed by atoms with E-state index in [-0.39, 0.29) is 0 Å². The molecule has 1 aliphatic rings. The van der Waals surface area contributed by atoms with E-state index in [2.05, 4.69) is 30.4 Å². The van der Waals surface area contributed by atoms with Crippen molar-refractivity contribution >= 4 is 0 Å².